The molecular formula is C19H21NO2. The second-order valence-electron chi connectivity index (χ2n) is 5.15. The highest BCUT2D eigenvalue weighted by atomic mass is 16.5. The molecule has 0 N–H and O–H groups in total. The van der Waals surface area contributed by atoms with Crippen LogP contribution in [0.25, 0.3) is 0 Å². The first-order valence-corrected chi connectivity index (χ1v) is 7.49. The predicted molar refractivity (Wildman–Crippen MR) is 89.3 cm³/mol. The molecule has 3 heteroatoms. The Balaban J connectivity index is 2.13. The third-order valence-electron chi connectivity index (χ3n) is 3.31. The van der Waals surface area contributed by atoms with Gasteiger partial charge in [-0.15, -0.1) is 0 Å². The lowest BCUT2D eigenvalue weighted by molar-refractivity contribution is -0.144. The van der Waals surface area contributed by atoms with Crippen molar-refractivity contribution in [2.45, 2.75) is 26.3 Å². The van der Waals surface area contributed by atoms with Crippen LogP contribution in [0.5, 0.6) is 0 Å². The zero-order chi connectivity index (χ0) is 15.8. The predicted octanol–water partition coefficient (Wildman–Crippen LogP) is 3.59. The number of nitrogens with zero attached hydrogens (tertiary/aromatic N) is 1. The number of carbonyl (C=O) groups excluding carboxylic acids is 1. The van der Waals surface area contributed by atoms with Crippen LogP contribution in [0.15, 0.2) is 59.6 Å². The molecule has 0 saturated heterocycles. The van der Waals surface area contributed by atoms with E-state index < -0.39 is 6.04 Å². The van der Waals surface area contributed by atoms with Gasteiger partial charge < -0.3 is 4.74 Å². The second-order valence-corrected chi connectivity index (χ2v) is 5.15. The summed E-state index contributed by atoms with van der Waals surface area (Å²) in [6, 6.07) is 17.4. The van der Waals surface area contributed by atoms with E-state index in [-0.39, 0.29) is 5.97 Å². The zero-order valence-corrected chi connectivity index (χ0v) is 13.0. The standard InChI is InChI=1S/C19H21NO2/c1-3-22-19(21)18(13-16-7-5-4-6-8-16)20-14-17-11-9-15(2)10-12-17/h4-12,14,18H,3,13H2,1-2H3/t18-/m0/s1. The molecule has 0 aliphatic carbocycles. The Labute approximate surface area is 131 Å². The Morgan fingerprint density at radius 3 is 2.45 bits per heavy atom. The minimum Gasteiger partial charge on any atom is -0.464 e. The highest BCUT2D eigenvalue weighted by Crippen LogP contribution is 2.09. The van der Waals surface area contributed by atoms with E-state index in [1.54, 1.807) is 13.1 Å². The van der Waals surface area contributed by atoms with E-state index in [0.29, 0.717) is 13.0 Å². The maximum absolute atomic E-state index is 12.1. The molecule has 0 aromatic heterocycles. The Morgan fingerprint density at radius 1 is 1.14 bits per heavy atom. The smallest absolute Gasteiger partial charge is 0.331 e. The van der Waals surface area contributed by atoms with Gasteiger partial charge >= 0.3 is 5.97 Å². The van der Waals surface area contributed by atoms with Crippen LogP contribution in [-0.2, 0) is 16.0 Å². The van der Waals surface area contributed by atoms with E-state index in [2.05, 4.69) is 4.99 Å². The van der Waals surface area contributed by atoms with Crippen molar-refractivity contribution < 1.29 is 9.53 Å². The van der Waals surface area contributed by atoms with E-state index in [1.807, 2.05) is 61.5 Å². The average Bonchev–Trinajstić information content (AvgIpc) is 2.54. The van der Waals surface area contributed by atoms with Crippen molar-refractivity contribution >= 4 is 12.2 Å². The average molecular weight is 295 g/mol. The molecule has 0 heterocycles. The molecule has 0 radical (unpaired) electrons. The van der Waals surface area contributed by atoms with Crippen LogP contribution in [0.4, 0.5) is 0 Å². The molecule has 0 saturated carbocycles. The van der Waals surface area contributed by atoms with Gasteiger partial charge in [0.1, 0.15) is 0 Å². The summed E-state index contributed by atoms with van der Waals surface area (Å²) >= 11 is 0. The van der Waals surface area contributed by atoms with E-state index >= 15 is 0 Å². The Hall–Kier alpha value is -2.42. The van der Waals surface area contributed by atoms with Crippen molar-refractivity contribution in [2.24, 2.45) is 4.99 Å². The van der Waals surface area contributed by atoms with E-state index in [1.165, 1.54) is 5.56 Å². The molecule has 0 fully saturated rings. The van der Waals surface area contributed by atoms with Gasteiger partial charge in [-0.2, -0.15) is 0 Å². The molecule has 0 amide bonds. The minimum absolute atomic E-state index is 0.283. The van der Waals surface area contributed by atoms with Crippen molar-refractivity contribution in [1.82, 2.24) is 0 Å². The van der Waals surface area contributed by atoms with E-state index in [4.69, 9.17) is 4.74 Å². The highest BCUT2D eigenvalue weighted by molar-refractivity contribution is 5.84. The van der Waals surface area contributed by atoms with Crippen LogP contribution < -0.4 is 0 Å². The fraction of sp³-hybridized carbons (Fsp3) is 0.263. The number of hydrogen-bond donors (Lipinski definition) is 0. The SMILES string of the molecule is CCOC(=O)[C@H](Cc1ccccc1)N=Cc1ccc(C)cc1. The van der Waals surface area contributed by atoms with Gasteiger partial charge in [0.2, 0.25) is 0 Å². The molecule has 2 aromatic rings. The molecule has 114 valence electrons. The van der Waals surface area contributed by atoms with Gasteiger partial charge in [-0.25, -0.2) is 4.79 Å². The molecule has 22 heavy (non-hydrogen) atoms. The summed E-state index contributed by atoms with van der Waals surface area (Å²) in [5.41, 5.74) is 3.25. The highest BCUT2D eigenvalue weighted by Gasteiger charge is 2.18. The third kappa shape index (κ3) is 4.85. The fourth-order valence-electron chi connectivity index (χ4n) is 2.10. The summed E-state index contributed by atoms with van der Waals surface area (Å²) in [4.78, 5) is 16.5. The van der Waals surface area contributed by atoms with Crippen molar-refractivity contribution in [3.63, 3.8) is 0 Å². The van der Waals surface area contributed by atoms with E-state index in [9.17, 15) is 4.79 Å². The van der Waals surface area contributed by atoms with Crippen LogP contribution in [0.1, 0.15) is 23.6 Å². The lowest BCUT2D eigenvalue weighted by atomic mass is 10.1. The topological polar surface area (TPSA) is 38.7 Å². The van der Waals surface area contributed by atoms with E-state index in [0.717, 1.165) is 11.1 Å². The molecular weight excluding hydrogens is 274 g/mol. The summed E-state index contributed by atoms with van der Waals surface area (Å²) in [7, 11) is 0. The third-order valence-corrected chi connectivity index (χ3v) is 3.31. The van der Waals surface area contributed by atoms with Gasteiger partial charge in [0.15, 0.2) is 6.04 Å². The monoisotopic (exact) mass is 295 g/mol. The summed E-state index contributed by atoms with van der Waals surface area (Å²) in [5, 5.41) is 0. The van der Waals surface area contributed by atoms with Crippen LogP contribution in [-0.4, -0.2) is 24.8 Å². The minimum atomic E-state index is -0.511. The van der Waals surface area contributed by atoms with Gasteiger partial charge in [-0.05, 0) is 25.0 Å². The maximum Gasteiger partial charge on any atom is 0.331 e. The Morgan fingerprint density at radius 2 is 1.82 bits per heavy atom. The molecule has 3 nitrogen and oxygen atoms in total. The molecule has 0 spiro atoms. The summed E-state index contributed by atoms with van der Waals surface area (Å²) in [5.74, 6) is -0.283. The van der Waals surface area contributed by atoms with Crippen LogP contribution in [0.3, 0.4) is 0 Å². The van der Waals surface area contributed by atoms with Gasteiger partial charge in [0.05, 0.1) is 6.61 Å². The van der Waals surface area contributed by atoms with Gasteiger partial charge in [-0.1, -0.05) is 60.2 Å². The zero-order valence-electron chi connectivity index (χ0n) is 13.0. The molecule has 2 rings (SSSR count). The number of hydrogen-bond acceptors (Lipinski definition) is 3. The normalized spacial score (nSPS) is 12.3. The molecule has 0 aliphatic heterocycles. The number of benzene rings is 2. The summed E-state index contributed by atoms with van der Waals surface area (Å²) < 4.78 is 5.13. The largest absolute Gasteiger partial charge is 0.464 e. The Kier molecular flexibility index (Phi) is 5.90. The molecule has 0 aliphatic rings. The first kappa shape index (κ1) is 16.0. The molecule has 2 aromatic carbocycles. The van der Waals surface area contributed by atoms with Crippen molar-refractivity contribution in [1.29, 1.82) is 0 Å². The summed E-state index contributed by atoms with van der Waals surface area (Å²) in [6.07, 6.45) is 2.28. The number of aliphatic imine (C=N–C) groups is 1. The van der Waals surface area contributed by atoms with Crippen molar-refractivity contribution in [3.8, 4) is 0 Å². The maximum atomic E-state index is 12.1. The van der Waals surface area contributed by atoms with Gasteiger partial charge in [-0.3, -0.25) is 4.99 Å². The number of aryl methyl sites for hydroxylation is 1. The number of rotatable bonds is 6. The second kappa shape index (κ2) is 8.13. The lowest BCUT2D eigenvalue weighted by Gasteiger charge is -2.11. The quantitative estimate of drug-likeness (QED) is 0.603. The molecule has 0 unspecified atom stereocenters. The van der Waals surface area contributed by atoms with Gasteiger partial charge in [0, 0.05) is 12.6 Å². The number of carbonyl (C=O) groups is 1. The van der Waals surface area contributed by atoms with Gasteiger partial charge in [0.25, 0.3) is 0 Å². The van der Waals surface area contributed by atoms with Crippen LogP contribution >= 0.6 is 0 Å². The summed E-state index contributed by atoms with van der Waals surface area (Å²) in [6.45, 7) is 4.21. The first-order valence-electron chi connectivity index (χ1n) is 7.49. The van der Waals surface area contributed by atoms with Crippen LogP contribution in [0, 0.1) is 6.92 Å². The first-order chi connectivity index (χ1) is 10.7. The number of esters is 1. The van der Waals surface area contributed by atoms with Crippen molar-refractivity contribution in [3.05, 3.63) is 71.3 Å². The fourth-order valence-corrected chi connectivity index (χ4v) is 2.10. The van der Waals surface area contributed by atoms with Crippen LogP contribution in [0.2, 0.25) is 0 Å². The Bertz CT molecular complexity index is 618. The molecule has 0 bridgehead atoms. The molecule has 1 atom stereocenters. The van der Waals surface area contributed by atoms with Crippen molar-refractivity contribution in [2.75, 3.05) is 6.61 Å². The lowest BCUT2D eigenvalue weighted by Crippen LogP contribution is -2.24. The number of ether oxygens (including phenoxy) is 1.